The highest BCUT2D eigenvalue weighted by Crippen LogP contribution is 1.93. The summed E-state index contributed by atoms with van der Waals surface area (Å²) in [6.45, 7) is 4.58. The van der Waals surface area contributed by atoms with Gasteiger partial charge in [0.1, 0.15) is 6.04 Å². The maximum atomic E-state index is 11.6. The topological polar surface area (TPSA) is 85.2 Å². The Kier molecular flexibility index (Phi) is 5.16. The molecule has 0 aliphatic heterocycles. The number of carbonyl (C=O) groups is 2. The van der Waals surface area contributed by atoms with Gasteiger partial charge in [-0.3, -0.25) is 9.48 Å². The summed E-state index contributed by atoms with van der Waals surface area (Å²) in [4.78, 5) is 22.5. The summed E-state index contributed by atoms with van der Waals surface area (Å²) in [5.74, 6) is -0.260. The molecule has 7 nitrogen and oxygen atoms in total. The molecule has 1 aromatic rings. The van der Waals surface area contributed by atoms with E-state index in [1.54, 1.807) is 17.8 Å². The number of alkyl carbamates (subject to hydrolysis) is 1. The first kappa shape index (κ1) is 14.0. The maximum Gasteiger partial charge on any atom is 0.407 e. The first-order valence-corrected chi connectivity index (χ1v) is 5.64. The highest BCUT2D eigenvalue weighted by Gasteiger charge is 2.14. The van der Waals surface area contributed by atoms with Gasteiger partial charge in [0.2, 0.25) is 5.91 Å². The van der Waals surface area contributed by atoms with Crippen LogP contribution in [0, 0.1) is 6.92 Å². The first-order chi connectivity index (χ1) is 8.52. The van der Waals surface area contributed by atoms with Gasteiger partial charge in [0, 0.05) is 12.7 Å². The molecule has 0 unspecified atom stereocenters. The van der Waals surface area contributed by atoms with Crippen molar-refractivity contribution in [2.75, 3.05) is 13.7 Å². The zero-order valence-electron chi connectivity index (χ0n) is 10.8. The Hall–Kier alpha value is -2.05. The predicted molar refractivity (Wildman–Crippen MR) is 65.0 cm³/mol. The molecule has 0 saturated heterocycles. The Morgan fingerprint density at radius 1 is 1.56 bits per heavy atom. The van der Waals surface area contributed by atoms with E-state index in [4.69, 9.17) is 0 Å². The lowest BCUT2D eigenvalue weighted by atomic mass is 10.3. The second kappa shape index (κ2) is 6.63. The van der Waals surface area contributed by atoms with Crippen molar-refractivity contribution in [3.05, 3.63) is 18.0 Å². The Morgan fingerprint density at radius 3 is 2.83 bits per heavy atom. The molecule has 100 valence electrons. The highest BCUT2D eigenvalue weighted by molar-refractivity contribution is 5.85. The summed E-state index contributed by atoms with van der Waals surface area (Å²) in [5, 5.41) is 9.18. The largest absolute Gasteiger partial charge is 0.453 e. The number of nitrogens with one attached hydrogen (secondary N) is 2. The van der Waals surface area contributed by atoms with Crippen molar-refractivity contribution in [1.29, 1.82) is 0 Å². The third kappa shape index (κ3) is 4.44. The van der Waals surface area contributed by atoms with E-state index in [0.717, 1.165) is 5.56 Å². The summed E-state index contributed by atoms with van der Waals surface area (Å²) in [7, 11) is 1.25. The van der Waals surface area contributed by atoms with E-state index < -0.39 is 12.1 Å². The van der Waals surface area contributed by atoms with Gasteiger partial charge in [0.05, 0.1) is 19.9 Å². The second-order valence-electron chi connectivity index (χ2n) is 3.93. The van der Waals surface area contributed by atoms with Crippen LogP contribution in [0.2, 0.25) is 0 Å². The van der Waals surface area contributed by atoms with E-state index in [1.807, 2.05) is 13.1 Å². The Balaban J connectivity index is 2.26. The number of hydrogen-bond acceptors (Lipinski definition) is 4. The number of ether oxygens (including phenoxy) is 1. The minimum Gasteiger partial charge on any atom is -0.453 e. The third-order valence-electron chi connectivity index (χ3n) is 2.32. The van der Waals surface area contributed by atoms with Gasteiger partial charge >= 0.3 is 6.09 Å². The van der Waals surface area contributed by atoms with E-state index in [0.29, 0.717) is 13.1 Å². The first-order valence-electron chi connectivity index (χ1n) is 5.64. The molecule has 18 heavy (non-hydrogen) atoms. The van der Waals surface area contributed by atoms with Crippen LogP contribution >= 0.6 is 0 Å². The number of nitrogens with zero attached hydrogens (tertiary/aromatic N) is 2. The number of hydrogen-bond donors (Lipinski definition) is 2. The number of aromatic nitrogens is 2. The average molecular weight is 254 g/mol. The second-order valence-corrected chi connectivity index (χ2v) is 3.93. The lowest BCUT2D eigenvalue weighted by Crippen LogP contribution is -2.45. The van der Waals surface area contributed by atoms with Gasteiger partial charge in [0.25, 0.3) is 0 Å². The quantitative estimate of drug-likeness (QED) is 0.777. The van der Waals surface area contributed by atoms with E-state index in [-0.39, 0.29) is 5.91 Å². The van der Waals surface area contributed by atoms with Crippen LogP contribution in [0.1, 0.15) is 12.5 Å². The van der Waals surface area contributed by atoms with E-state index in [9.17, 15) is 9.59 Å². The van der Waals surface area contributed by atoms with Crippen molar-refractivity contribution in [3.63, 3.8) is 0 Å². The molecule has 1 atom stereocenters. The Labute approximate surface area is 105 Å². The summed E-state index contributed by atoms with van der Waals surface area (Å²) in [6.07, 6.45) is 3.02. The van der Waals surface area contributed by atoms with Crippen molar-refractivity contribution < 1.29 is 14.3 Å². The predicted octanol–water partition coefficient (Wildman–Crippen LogP) is 0.0522. The molecule has 1 rings (SSSR count). The molecule has 0 saturated carbocycles. The lowest BCUT2D eigenvalue weighted by Gasteiger charge is -2.13. The van der Waals surface area contributed by atoms with Crippen molar-refractivity contribution >= 4 is 12.0 Å². The van der Waals surface area contributed by atoms with Gasteiger partial charge in [-0.25, -0.2) is 4.79 Å². The van der Waals surface area contributed by atoms with Crippen LogP contribution in [-0.2, 0) is 16.1 Å². The molecule has 2 N–H and O–H groups in total. The van der Waals surface area contributed by atoms with Crippen LogP contribution in [0.25, 0.3) is 0 Å². The third-order valence-corrected chi connectivity index (χ3v) is 2.32. The van der Waals surface area contributed by atoms with Crippen molar-refractivity contribution in [3.8, 4) is 0 Å². The van der Waals surface area contributed by atoms with Crippen LogP contribution in [0.4, 0.5) is 4.79 Å². The van der Waals surface area contributed by atoms with Gasteiger partial charge in [-0.1, -0.05) is 0 Å². The number of methoxy groups -OCH3 is 1. The van der Waals surface area contributed by atoms with Crippen LogP contribution in [0.3, 0.4) is 0 Å². The molecule has 0 bridgehead atoms. The maximum absolute atomic E-state index is 11.6. The molecule has 7 heteroatoms. The van der Waals surface area contributed by atoms with Gasteiger partial charge < -0.3 is 15.4 Å². The van der Waals surface area contributed by atoms with Crippen LogP contribution < -0.4 is 10.6 Å². The molecule has 0 fully saturated rings. The number of carbonyl (C=O) groups excluding carboxylic acids is 2. The van der Waals surface area contributed by atoms with Crippen LogP contribution in [-0.4, -0.2) is 41.5 Å². The van der Waals surface area contributed by atoms with Gasteiger partial charge in [-0.05, 0) is 19.4 Å². The Bertz CT molecular complexity index is 416. The van der Waals surface area contributed by atoms with E-state index in [1.165, 1.54) is 7.11 Å². The fourth-order valence-electron chi connectivity index (χ4n) is 1.34. The number of rotatable bonds is 5. The molecule has 0 aliphatic carbocycles. The molecule has 1 heterocycles. The normalized spacial score (nSPS) is 11.7. The highest BCUT2D eigenvalue weighted by atomic mass is 16.5. The summed E-state index contributed by atoms with van der Waals surface area (Å²) >= 11 is 0. The molecular weight excluding hydrogens is 236 g/mol. The van der Waals surface area contributed by atoms with Crippen LogP contribution in [0.5, 0.6) is 0 Å². The fraction of sp³-hybridized carbons (Fsp3) is 0.545. The Morgan fingerprint density at radius 2 is 2.28 bits per heavy atom. The molecule has 0 radical (unpaired) electrons. The fourth-order valence-corrected chi connectivity index (χ4v) is 1.34. The monoisotopic (exact) mass is 254 g/mol. The van der Waals surface area contributed by atoms with Crippen molar-refractivity contribution in [1.82, 2.24) is 20.4 Å². The van der Waals surface area contributed by atoms with E-state index in [2.05, 4.69) is 20.5 Å². The minimum atomic E-state index is -0.628. The smallest absolute Gasteiger partial charge is 0.407 e. The van der Waals surface area contributed by atoms with Crippen molar-refractivity contribution in [2.45, 2.75) is 26.4 Å². The molecule has 1 aromatic heterocycles. The van der Waals surface area contributed by atoms with Gasteiger partial charge in [-0.15, -0.1) is 0 Å². The molecular formula is C11H18N4O3. The minimum absolute atomic E-state index is 0.260. The molecule has 0 aliphatic rings. The molecule has 0 spiro atoms. The number of amides is 2. The summed E-state index contributed by atoms with van der Waals surface area (Å²) < 4.78 is 6.15. The molecule has 2 amide bonds. The zero-order chi connectivity index (χ0) is 13.5. The lowest BCUT2D eigenvalue weighted by molar-refractivity contribution is -0.122. The van der Waals surface area contributed by atoms with Gasteiger partial charge in [-0.2, -0.15) is 5.10 Å². The van der Waals surface area contributed by atoms with Crippen molar-refractivity contribution in [2.24, 2.45) is 0 Å². The SMILES string of the molecule is COC(=O)N[C@H](C)C(=O)NCCn1cc(C)cn1. The summed E-state index contributed by atoms with van der Waals surface area (Å²) in [6, 6.07) is -0.628. The molecule has 0 aromatic carbocycles. The van der Waals surface area contributed by atoms with E-state index >= 15 is 0 Å². The average Bonchev–Trinajstić information content (AvgIpc) is 2.74. The number of aryl methyl sites for hydroxylation is 1. The van der Waals surface area contributed by atoms with Crippen LogP contribution in [0.15, 0.2) is 12.4 Å². The zero-order valence-corrected chi connectivity index (χ0v) is 10.8. The standard InChI is InChI=1S/C11H18N4O3/c1-8-6-13-15(7-8)5-4-12-10(16)9(2)14-11(17)18-3/h6-7,9H,4-5H2,1-3H3,(H,12,16)(H,14,17)/t9-/m1/s1. The van der Waals surface area contributed by atoms with Gasteiger partial charge in [0.15, 0.2) is 0 Å². The summed E-state index contributed by atoms with van der Waals surface area (Å²) in [5.41, 5.74) is 1.07.